The van der Waals surface area contributed by atoms with Crippen LogP contribution in [0.3, 0.4) is 0 Å². The minimum absolute atomic E-state index is 0.405. The van der Waals surface area contributed by atoms with Gasteiger partial charge >= 0.3 is 0 Å². The van der Waals surface area contributed by atoms with Crippen LogP contribution in [0.2, 0.25) is 5.02 Å². The predicted molar refractivity (Wildman–Crippen MR) is 170 cm³/mol. The summed E-state index contributed by atoms with van der Waals surface area (Å²) in [7, 11) is 2.22. The number of halogens is 1. The Labute approximate surface area is 250 Å². The maximum Gasteiger partial charge on any atom is 0.227 e. The lowest BCUT2D eigenvalue weighted by molar-refractivity contribution is 0.0828. The highest BCUT2D eigenvalue weighted by Crippen LogP contribution is 2.39. The van der Waals surface area contributed by atoms with Gasteiger partial charge < -0.3 is 20.5 Å². The molecule has 9 nitrogen and oxygen atoms in total. The number of nitrogens with two attached hydrogens (primary N) is 1. The van der Waals surface area contributed by atoms with Gasteiger partial charge in [-0.15, -0.1) is 0 Å². The number of rotatable bonds is 5. The number of nitrogens with one attached hydrogen (secondary N) is 1. The first kappa shape index (κ1) is 27.1. The Morgan fingerprint density at radius 2 is 1.67 bits per heavy atom. The van der Waals surface area contributed by atoms with Gasteiger partial charge in [0.05, 0.1) is 10.9 Å². The van der Waals surface area contributed by atoms with Crippen molar-refractivity contribution < 1.29 is 0 Å². The summed E-state index contributed by atoms with van der Waals surface area (Å²) >= 11 is 6.32. The highest BCUT2D eigenvalue weighted by atomic mass is 35.5. The van der Waals surface area contributed by atoms with Crippen molar-refractivity contribution in [2.75, 3.05) is 44.3 Å². The molecule has 0 radical (unpaired) electrons. The van der Waals surface area contributed by atoms with Gasteiger partial charge in [-0.05, 0) is 75.0 Å². The monoisotopic (exact) mass is 581 g/mol. The van der Waals surface area contributed by atoms with Crippen molar-refractivity contribution in [2.45, 2.75) is 44.7 Å². The third-order valence-corrected chi connectivity index (χ3v) is 9.47. The van der Waals surface area contributed by atoms with Crippen molar-refractivity contribution >= 4 is 51.0 Å². The van der Waals surface area contributed by atoms with Crippen LogP contribution in [-0.4, -0.2) is 73.6 Å². The summed E-state index contributed by atoms with van der Waals surface area (Å²) in [6.07, 6.45) is 10.3. The standard InChI is InChI=1S/C32H36ClN9/c1-20-15-22-17-35-32(39-28(22)16-27(20)33)38-23-5-3-21(4-6-23)26-18-42(31-29(26)30(34)36-19-37-31)25-9-7-24(8-10-25)41-13-11-40(2)12-14-41/h3-6,15-19,24-25H,7-14H2,1-2H3,(H2,34,36,37)(H,35,38,39). The van der Waals surface area contributed by atoms with E-state index in [0.717, 1.165) is 57.2 Å². The first-order valence-electron chi connectivity index (χ1n) is 14.8. The number of aryl methyl sites for hydroxylation is 1. The molecular weight excluding hydrogens is 546 g/mol. The Kier molecular flexibility index (Phi) is 7.17. The van der Waals surface area contributed by atoms with Gasteiger partial charge in [0, 0.05) is 72.3 Å². The summed E-state index contributed by atoms with van der Waals surface area (Å²) in [5.41, 5.74) is 12.2. The van der Waals surface area contributed by atoms with Crippen LogP contribution in [0.1, 0.15) is 37.3 Å². The minimum Gasteiger partial charge on any atom is -0.383 e. The molecule has 2 aromatic carbocycles. The number of anilines is 3. The number of hydrogen-bond acceptors (Lipinski definition) is 8. The van der Waals surface area contributed by atoms with Gasteiger partial charge in [0.15, 0.2) is 0 Å². The molecule has 4 heterocycles. The molecule has 3 aromatic heterocycles. The second kappa shape index (κ2) is 11.1. The smallest absolute Gasteiger partial charge is 0.227 e. The Bertz CT molecular complexity index is 1730. The minimum atomic E-state index is 0.405. The molecule has 42 heavy (non-hydrogen) atoms. The molecule has 0 unspecified atom stereocenters. The molecule has 10 heteroatoms. The van der Waals surface area contributed by atoms with Crippen molar-refractivity contribution in [1.82, 2.24) is 34.3 Å². The van der Waals surface area contributed by atoms with Gasteiger partial charge in [0.2, 0.25) is 5.95 Å². The van der Waals surface area contributed by atoms with Gasteiger partial charge in [-0.1, -0.05) is 23.7 Å². The van der Waals surface area contributed by atoms with E-state index in [1.54, 1.807) is 6.33 Å². The number of nitrogens with zero attached hydrogens (tertiary/aromatic N) is 7. The van der Waals surface area contributed by atoms with Crippen LogP contribution in [0.4, 0.5) is 17.5 Å². The maximum atomic E-state index is 6.45. The summed E-state index contributed by atoms with van der Waals surface area (Å²) in [5.74, 6) is 1.04. The van der Waals surface area contributed by atoms with Crippen molar-refractivity contribution in [1.29, 1.82) is 0 Å². The molecule has 0 spiro atoms. The van der Waals surface area contributed by atoms with E-state index in [-0.39, 0.29) is 0 Å². The Morgan fingerprint density at radius 1 is 0.929 bits per heavy atom. The van der Waals surface area contributed by atoms with E-state index in [1.165, 1.54) is 39.0 Å². The molecule has 1 aliphatic carbocycles. The highest BCUT2D eigenvalue weighted by molar-refractivity contribution is 6.32. The van der Waals surface area contributed by atoms with Crippen molar-refractivity contribution in [3.63, 3.8) is 0 Å². The molecule has 7 rings (SSSR count). The highest BCUT2D eigenvalue weighted by Gasteiger charge is 2.30. The van der Waals surface area contributed by atoms with Crippen LogP contribution in [-0.2, 0) is 0 Å². The third kappa shape index (κ3) is 5.17. The largest absolute Gasteiger partial charge is 0.383 e. The molecule has 5 aromatic rings. The van der Waals surface area contributed by atoms with Crippen molar-refractivity contribution in [3.05, 3.63) is 65.7 Å². The molecule has 0 atom stereocenters. The molecule has 2 fully saturated rings. The zero-order valence-corrected chi connectivity index (χ0v) is 24.8. The van der Waals surface area contributed by atoms with Crippen molar-refractivity contribution in [3.8, 4) is 11.1 Å². The first-order valence-corrected chi connectivity index (χ1v) is 15.1. The van der Waals surface area contributed by atoms with Crippen LogP contribution in [0.5, 0.6) is 0 Å². The van der Waals surface area contributed by atoms with E-state index in [1.807, 2.05) is 37.4 Å². The fourth-order valence-corrected chi connectivity index (χ4v) is 6.74. The van der Waals surface area contributed by atoms with Crippen molar-refractivity contribution in [2.24, 2.45) is 0 Å². The fraction of sp³-hybridized carbons (Fsp3) is 0.375. The summed E-state index contributed by atoms with van der Waals surface area (Å²) in [6.45, 7) is 6.67. The summed E-state index contributed by atoms with van der Waals surface area (Å²) in [5, 5.41) is 5.90. The van der Waals surface area contributed by atoms with Gasteiger partial charge in [-0.3, -0.25) is 4.90 Å². The quantitative estimate of drug-likeness (QED) is 0.258. The number of hydrogen-bond donors (Lipinski definition) is 2. The van der Waals surface area contributed by atoms with Crippen LogP contribution in [0.15, 0.2) is 55.1 Å². The summed E-state index contributed by atoms with van der Waals surface area (Å²) in [4.78, 5) is 23.3. The average Bonchev–Trinajstić information content (AvgIpc) is 3.40. The van der Waals surface area contributed by atoms with Gasteiger partial charge in [-0.25, -0.2) is 19.9 Å². The fourth-order valence-electron chi connectivity index (χ4n) is 6.58. The predicted octanol–water partition coefficient (Wildman–Crippen LogP) is 6.06. The molecular formula is C32H36ClN9. The number of benzene rings is 2. The second-order valence-electron chi connectivity index (χ2n) is 11.8. The first-order chi connectivity index (χ1) is 20.4. The van der Waals surface area contributed by atoms with Gasteiger partial charge in [-0.2, -0.15) is 0 Å². The van der Waals surface area contributed by atoms with Crippen LogP contribution >= 0.6 is 11.6 Å². The normalized spacial score (nSPS) is 20.4. The lowest BCUT2D eigenvalue weighted by Gasteiger charge is -2.41. The number of nitrogen functional groups attached to an aromatic ring is 1. The second-order valence-corrected chi connectivity index (χ2v) is 12.2. The molecule has 1 aliphatic heterocycles. The third-order valence-electron chi connectivity index (χ3n) is 9.06. The van der Waals surface area contributed by atoms with E-state index >= 15 is 0 Å². The van der Waals surface area contributed by atoms with E-state index < -0.39 is 0 Å². The van der Waals surface area contributed by atoms with Gasteiger partial charge in [0.1, 0.15) is 17.8 Å². The van der Waals surface area contributed by atoms with E-state index in [0.29, 0.717) is 28.9 Å². The topological polar surface area (TPSA) is 101 Å². The number of aromatic nitrogens is 5. The molecule has 2 aliphatic rings. The lowest BCUT2D eigenvalue weighted by Crippen LogP contribution is -2.49. The Hall–Kier alpha value is -3.79. The molecule has 1 saturated heterocycles. The van der Waals surface area contributed by atoms with E-state index in [9.17, 15) is 0 Å². The van der Waals surface area contributed by atoms with Crippen LogP contribution in [0.25, 0.3) is 33.1 Å². The van der Waals surface area contributed by atoms with Crippen LogP contribution in [0, 0.1) is 6.92 Å². The molecule has 0 amide bonds. The number of piperazine rings is 1. The van der Waals surface area contributed by atoms with E-state index in [2.05, 4.69) is 60.0 Å². The number of likely N-dealkylation sites (N-methyl/N-ethyl adjacent to an activating group) is 1. The summed E-state index contributed by atoms with van der Waals surface area (Å²) < 4.78 is 2.35. The Balaban J connectivity index is 1.12. The zero-order chi connectivity index (χ0) is 28.8. The zero-order valence-electron chi connectivity index (χ0n) is 24.1. The molecule has 3 N–H and O–H groups in total. The number of fused-ring (bicyclic) bond motifs is 2. The molecule has 1 saturated carbocycles. The molecule has 216 valence electrons. The maximum absolute atomic E-state index is 6.45. The Morgan fingerprint density at radius 3 is 2.43 bits per heavy atom. The lowest BCUT2D eigenvalue weighted by atomic mass is 9.89. The molecule has 0 bridgehead atoms. The van der Waals surface area contributed by atoms with Gasteiger partial charge in [0.25, 0.3) is 0 Å². The van der Waals surface area contributed by atoms with Crippen LogP contribution < -0.4 is 11.1 Å². The average molecular weight is 582 g/mol. The summed E-state index contributed by atoms with van der Waals surface area (Å²) in [6, 6.07) is 13.2. The SMILES string of the molecule is Cc1cc2cnc(Nc3ccc(-c4cn(C5CCC(N6CCN(C)CC6)CC5)c5ncnc(N)c45)cc3)nc2cc1Cl. The van der Waals surface area contributed by atoms with E-state index in [4.69, 9.17) is 22.3 Å².